The third-order valence-electron chi connectivity index (χ3n) is 6.40. The third kappa shape index (κ3) is 5.08. The highest BCUT2D eigenvalue weighted by Gasteiger charge is 2.39. The summed E-state index contributed by atoms with van der Waals surface area (Å²) in [4.78, 5) is 9.85. The SMILES string of the molecule is CCOCC1CCN(C(=NC)NCC2(N3CCSCC3)CCCCC2)C1. The highest BCUT2D eigenvalue weighted by molar-refractivity contribution is 7.99. The zero-order chi connectivity index (χ0) is 18.2. The number of ether oxygens (including phenoxy) is 1. The highest BCUT2D eigenvalue weighted by Crippen LogP contribution is 2.35. The quantitative estimate of drug-likeness (QED) is 0.565. The molecule has 1 N–H and O–H groups in total. The van der Waals surface area contributed by atoms with Gasteiger partial charge in [-0.1, -0.05) is 19.3 Å². The first-order valence-electron chi connectivity index (χ1n) is 10.6. The first kappa shape index (κ1) is 20.3. The highest BCUT2D eigenvalue weighted by atomic mass is 32.2. The van der Waals surface area contributed by atoms with Crippen molar-refractivity contribution in [3.05, 3.63) is 0 Å². The summed E-state index contributed by atoms with van der Waals surface area (Å²) in [6, 6.07) is 0. The number of guanidine groups is 1. The molecule has 0 bridgehead atoms. The second-order valence-corrected chi connectivity index (χ2v) is 9.27. The predicted molar refractivity (Wildman–Crippen MR) is 112 cm³/mol. The van der Waals surface area contributed by atoms with Crippen LogP contribution in [0.1, 0.15) is 45.4 Å². The lowest BCUT2D eigenvalue weighted by Gasteiger charge is -2.48. The van der Waals surface area contributed by atoms with Gasteiger partial charge in [0.25, 0.3) is 0 Å². The van der Waals surface area contributed by atoms with Gasteiger partial charge in [0.1, 0.15) is 0 Å². The minimum Gasteiger partial charge on any atom is -0.381 e. The van der Waals surface area contributed by atoms with Crippen molar-refractivity contribution in [3.63, 3.8) is 0 Å². The lowest BCUT2D eigenvalue weighted by atomic mass is 9.80. The largest absolute Gasteiger partial charge is 0.381 e. The van der Waals surface area contributed by atoms with Crippen LogP contribution in [0.2, 0.25) is 0 Å². The van der Waals surface area contributed by atoms with Gasteiger partial charge in [-0.05, 0) is 26.2 Å². The zero-order valence-corrected chi connectivity index (χ0v) is 17.7. The fourth-order valence-corrected chi connectivity index (χ4v) is 5.78. The van der Waals surface area contributed by atoms with Crippen LogP contribution in [0.15, 0.2) is 4.99 Å². The van der Waals surface area contributed by atoms with E-state index >= 15 is 0 Å². The summed E-state index contributed by atoms with van der Waals surface area (Å²) < 4.78 is 5.63. The number of aliphatic imine (C=N–C) groups is 1. The van der Waals surface area contributed by atoms with Gasteiger partial charge >= 0.3 is 0 Å². The third-order valence-corrected chi connectivity index (χ3v) is 7.34. The maximum absolute atomic E-state index is 5.63. The number of nitrogens with one attached hydrogen (secondary N) is 1. The van der Waals surface area contributed by atoms with Crippen molar-refractivity contribution < 1.29 is 4.74 Å². The van der Waals surface area contributed by atoms with Crippen LogP contribution in [0, 0.1) is 5.92 Å². The van der Waals surface area contributed by atoms with Gasteiger partial charge in [-0.2, -0.15) is 11.8 Å². The molecule has 6 heteroatoms. The minimum atomic E-state index is 0.347. The number of likely N-dealkylation sites (tertiary alicyclic amines) is 1. The summed E-state index contributed by atoms with van der Waals surface area (Å²) in [5.74, 6) is 4.33. The van der Waals surface area contributed by atoms with Gasteiger partial charge in [0.2, 0.25) is 0 Å². The van der Waals surface area contributed by atoms with Crippen LogP contribution in [0.25, 0.3) is 0 Å². The normalized spacial score (nSPS) is 27.7. The molecule has 0 aromatic rings. The van der Waals surface area contributed by atoms with Gasteiger partial charge in [0, 0.05) is 69.3 Å². The summed E-state index contributed by atoms with van der Waals surface area (Å²) in [7, 11) is 1.93. The van der Waals surface area contributed by atoms with E-state index in [2.05, 4.69) is 38.8 Å². The van der Waals surface area contributed by atoms with Crippen molar-refractivity contribution in [2.24, 2.45) is 10.9 Å². The predicted octanol–water partition coefficient (Wildman–Crippen LogP) is 2.67. The van der Waals surface area contributed by atoms with E-state index in [0.717, 1.165) is 38.8 Å². The molecule has 0 aromatic carbocycles. The molecule has 2 saturated heterocycles. The maximum Gasteiger partial charge on any atom is 0.193 e. The van der Waals surface area contributed by atoms with E-state index in [1.165, 1.54) is 63.1 Å². The van der Waals surface area contributed by atoms with E-state index in [-0.39, 0.29) is 0 Å². The van der Waals surface area contributed by atoms with Crippen molar-refractivity contribution >= 4 is 17.7 Å². The Balaban J connectivity index is 1.57. The average molecular weight is 383 g/mol. The molecule has 2 heterocycles. The maximum atomic E-state index is 5.63. The second-order valence-electron chi connectivity index (χ2n) is 8.05. The first-order valence-corrected chi connectivity index (χ1v) is 11.8. The Labute approximate surface area is 164 Å². The average Bonchev–Trinajstić information content (AvgIpc) is 3.17. The first-order chi connectivity index (χ1) is 12.8. The van der Waals surface area contributed by atoms with Crippen LogP contribution in [-0.4, -0.2) is 85.8 Å². The smallest absolute Gasteiger partial charge is 0.193 e. The Morgan fingerprint density at radius 2 is 1.96 bits per heavy atom. The van der Waals surface area contributed by atoms with E-state index in [9.17, 15) is 0 Å². The Morgan fingerprint density at radius 3 is 2.65 bits per heavy atom. The Kier molecular flexibility index (Phi) is 7.94. The Morgan fingerprint density at radius 1 is 1.19 bits per heavy atom. The summed E-state index contributed by atoms with van der Waals surface area (Å²) in [6.07, 6.45) is 8.07. The van der Waals surface area contributed by atoms with Crippen LogP contribution in [0.4, 0.5) is 0 Å². The van der Waals surface area contributed by atoms with Crippen LogP contribution in [0.5, 0.6) is 0 Å². The molecule has 1 unspecified atom stereocenters. The van der Waals surface area contributed by atoms with Gasteiger partial charge in [0.05, 0.1) is 6.61 Å². The molecule has 5 nitrogen and oxygen atoms in total. The molecule has 2 aliphatic heterocycles. The Hall–Kier alpha value is -0.460. The molecule has 3 rings (SSSR count). The van der Waals surface area contributed by atoms with Gasteiger partial charge < -0.3 is 15.0 Å². The van der Waals surface area contributed by atoms with E-state index in [0.29, 0.717) is 11.5 Å². The number of thioether (sulfide) groups is 1. The molecule has 0 aromatic heterocycles. The number of rotatable bonds is 6. The molecule has 3 aliphatic rings. The van der Waals surface area contributed by atoms with E-state index in [1.807, 2.05) is 7.05 Å². The summed E-state index contributed by atoms with van der Waals surface area (Å²) in [6.45, 7) is 9.53. The molecule has 0 radical (unpaired) electrons. The Bertz CT molecular complexity index is 447. The standard InChI is InChI=1S/C20H38N4OS/c1-3-25-16-18-7-10-23(15-18)19(21-2)22-17-20(8-5-4-6-9-20)24-11-13-26-14-12-24/h18H,3-17H2,1-2H3,(H,21,22). The van der Waals surface area contributed by atoms with Gasteiger partial charge in [0.15, 0.2) is 5.96 Å². The fourth-order valence-electron chi connectivity index (χ4n) is 4.87. The van der Waals surface area contributed by atoms with Crippen molar-refractivity contribution in [1.82, 2.24) is 15.1 Å². The topological polar surface area (TPSA) is 40.1 Å². The second kappa shape index (κ2) is 10.2. The fraction of sp³-hybridized carbons (Fsp3) is 0.950. The monoisotopic (exact) mass is 382 g/mol. The molecular formula is C20H38N4OS. The van der Waals surface area contributed by atoms with E-state index in [4.69, 9.17) is 4.74 Å². The molecule has 0 spiro atoms. The van der Waals surface area contributed by atoms with E-state index in [1.54, 1.807) is 0 Å². The van der Waals surface area contributed by atoms with Gasteiger partial charge in [-0.3, -0.25) is 9.89 Å². The number of nitrogens with zero attached hydrogens (tertiary/aromatic N) is 3. The summed E-state index contributed by atoms with van der Waals surface area (Å²) >= 11 is 2.11. The summed E-state index contributed by atoms with van der Waals surface area (Å²) in [5.41, 5.74) is 0.347. The lowest BCUT2D eigenvalue weighted by Crippen LogP contribution is -2.60. The lowest BCUT2D eigenvalue weighted by molar-refractivity contribution is 0.0620. The van der Waals surface area contributed by atoms with Gasteiger partial charge in [-0.25, -0.2) is 0 Å². The molecular weight excluding hydrogens is 344 g/mol. The van der Waals surface area contributed by atoms with Crippen molar-refractivity contribution in [1.29, 1.82) is 0 Å². The van der Waals surface area contributed by atoms with E-state index < -0.39 is 0 Å². The van der Waals surface area contributed by atoms with Crippen molar-refractivity contribution in [3.8, 4) is 0 Å². The van der Waals surface area contributed by atoms with Crippen LogP contribution in [0.3, 0.4) is 0 Å². The van der Waals surface area contributed by atoms with Crippen molar-refractivity contribution in [2.45, 2.75) is 51.0 Å². The molecule has 1 atom stereocenters. The molecule has 150 valence electrons. The van der Waals surface area contributed by atoms with Crippen LogP contribution < -0.4 is 5.32 Å². The van der Waals surface area contributed by atoms with Crippen LogP contribution in [-0.2, 0) is 4.74 Å². The van der Waals surface area contributed by atoms with Crippen LogP contribution >= 0.6 is 11.8 Å². The molecule has 3 fully saturated rings. The van der Waals surface area contributed by atoms with Gasteiger partial charge in [-0.15, -0.1) is 0 Å². The molecule has 1 aliphatic carbocycles. The molecule has 0 amide bonds. The molecule has 1 saturated carbocycles. The molecule has 26 heavy (non-hydrogen) atoms. The summed E-state index contributed by atoms with van der Waals surface area (Å²) in [5, 5.41) is 3.78. The number of hydrogen-bond donors (Lipinski definition) is 1. The minimum absolute atomic E-state index is 0.347. The zero-order valence-electron chi connectivity index (χ0n) is 16.8. The van der Waals surface area contributed by atoms with Crippen molar-refractivity contribution in [2.75, 3.05) is 64.5 Å². The number of hydrogen-bond acceptors (Lipinski definition) is 4.